The summed E-state index contributed by atoms with van der Waals surface area (Å²) >= 11 is 0. The van der Waals surface area contributed by atoms with Gasteiger partial charge in [0.2, 0.25) is 0 Å². The molecular formula is C18H20N2Na2O18S2. The maximum Gasteiger partial charge on any atom is 0.333 e. The van der Waals surface area contributed by atoms with Gasteiger partial charge >= 0.3 is 23.9 Å². The molecule has 2 saturated heterocycles. The number of hydroxylamine groups is 4. The maximum absolute atomic E-state index is 11.8. The fourth-order valence-electron chi connectivity index (χ4n) is 2.98. The summed E-state index contributed by atoms with van der Waals surface area (Å²) in [6, 6.07) is 0. The Morgan fingerprint density at radius 2 is 0.905 bits per heavy atom. The van der Waals surface area contributed by atoms with Crippen molar-refractivity contribution in [2.24, 2.45) is 0 Å². The summed E-state index contributed by atoms with van der Waals surface area (Å²) in [5.74, 6) is -9.95. The molecule has 2 aliphatic rings. The smallest absolute Gasteiger partial charge is 0.333 e. The largest absolute Gasteiger partial charge is 0.462 e. The van der Waals surface area contributed by atoms with E-state index >= 15 is 0 Å². The minimum absolute atomic E-state index is 0. The molecule has 20 nitrogen and oxygen atoms in total. The average Bonchev–Trinajstić information content (AvgIpc) is 3.29. The Kier molecular flexibility index (Phi) is 15.9. The number of ether oxygens (including phenoxy) is 2. The van der Waals surface area contributed by atoms with Crippen LogP contribution < -0.4 is 0 Å². The Labute approximate surface area is 280 Å². The Balaban J connectivity index is 0.00000840. The van der Waals surface area contributed by atoms with Gasteiger partial charge in [-0.25, -0.2) is 9.59 Å². The van der Waals surface area contributed by atoms with E-state index in [1.54, 1.807) is 0 Å². The number of hydrogen-bond donors (Lipinski definition) is 2. The number of amides is 4. The minimum atomic E-state index is -4.91. The summed E-state index contributed by atoms with van der Waals surface area (Å²) in [5.41, 5.74) is 0. The van der Waals surface area contributed by atoms with E-state index in [1.165, 1.54) is 0 Å². The first-order chi connectivity index (χ1) is 18.4. The molecule has 0 bridgehead atoms. The van der Waals surface area contributed by atoms with Crippen LogP contribution in [0.25, 0.3) is 0 Å². The van der Waals surface area contributed by atoms with E-state index in [-0.39, 0.29) is 69.2 Å². The van der Waals surface area contributed by atoms with Crippen molar-refractivity contribution < 1.29 is 83.4 Å². The first-order valence-electron chi connectivity index (χ1n) is 10.8. The molecule has 2 N–H and O–H groups in total. The second-order valence-corrected chi connectivity index (χ2v) is 11.0. The second-order valence-electron chi connectivity index (χ2n) is 7.84. The van der Waals surface area contributed by atoms with Crippen molar-refractivity contribution >= 4 is 127 Å². The zero-order valence-corrected chi connectivity index (χ0v) is 27.6. The van der Waals surface area contributed by atoms with Gasteiger partial charge in [0.05, 0.1) is 38.5 Å². The van der Waals surface area contributed by atoms with E-state index in [9.17, 15) is 55.2 Å². The standard InChI is InChI=1S/C18H20N2O18S2.2Na/c21-11-7-9(39(29,30)31)17(27)19(11)37-15(25)3-1-13(23)35-5-6-36-14(24)2-4-16(26)38-20-12(22)8-10(18(20)28)40(32,33)34;;/h9-10H,1-8H2,(H,29,30,31)(H,32,33,34);;. The van der Waals surface area contributed by atoms with Gasteiger partial charge in [0.25, 0.3) is 43.9 Å². The molecule has 0 aliphatic carbocycles. The van der Waals surface area contributed by atoms with E-state index in [0.29, 0.717) is 0 Å². The zero-order valence-electron chi connectivity index (χ0n) is 21.9. The third kappa shape index (κ3) is 11.6. The Morgan fingerprint density at radius 1 is 0.619 bits per heavy atom. The summed E-state index contributed by atoms with van der Waals surface area (Å²) in [7, 11) is -9.82. The van der Waals surface area contributed by atoms with E-state index in [1.807, 2.05) is 0 Å². The van der Waals surface area contributed by atoms with Crippen molar-refractivity contribution in [3.63, 3.8) is 0 Å². The normalized spacial score (nSPS) is 18.6. The predicted molar refractivity (Wildman–Crippen MR) is 128 cm³/mol. The van der Waals surface area contributed by atoms with Crippen LogP contribution >= 0.6 is 0 Å². The molecule has 224 valence electrons. The molecule has 2 atom stereocenters. The SMILES string of the molecule is O=C(CCC(=O)ON1C(=O)CC(S(=O)(=O)O)C1=O)OCCOC(=O)CCC(=O)ON1C(=O)CC(S(=O)(=O)O)C1=O.[Na].[Na]. The van der Waals surface area contributed by atoms with Crippen LogP contribution in [-0.2, 0) is 77.7 Å². The molecule has 2 fully saturated rings. The number of esters is 2. The molecule has 0 aromatic heterocycles. The van der Waals surface area contributed by atoms with Crippen LogP contribution in [0.1, 0.15) is 38.5 Å². The zero-order chi connectivity index (χ0) is 30.4. The van der Waals surface area contributed by atoms with Crippen molar-refractivity contribution in [3.8, 4) is 0 Å². The van der Waals surface area contributed by atoms with Gasteiger partial charge in [-0.2, -0.15) is 16.8 Å². The molecular weight excluding hydrogens is 642 g/mol. The molecule has 2 rings (SSSR count). The van der Waals surface area contributed by atoms with Crippen LogP contribution in [0.5, 0.6) is 0 Å². The Hall–Kier alpha value is -2.02. The van der Waals surface area contributed by atoms with Gasteiger partial charge in [0.1, 0.15) is 13.2 Å². The Bertz CT molecular complexity index is 1250. The van der Waals surface area contributed by atoms with Gasteiger partial charge in [-0.15, -0.1) is 10.1 Å². The van der Waals surface area contributed by atoms with Crippen molar-refractivity contribution in [2.45, 2.75) is 49.0 Å². The molecule has 2 unspecified atom stereocenters. The summed E-state index contributed by atoms with van der Waals surface area (Å²) in [6.45, 7) is -1.01. The summed E-state index contributed by atoms with van der Waals surface area (Å²) in [4.78, 5) is 102. The van der Waals surface area contributed by atoms with E-state index in [0.717, 1.165) is 0 Å². The van der Waals surface area contributed by atoms with E-state index < -0.39 is 130 Å². The molecule has 24 heteroatoms. The number of nitrogens with zero attached hydrogens (tertiary/aromatic N) is 2. The number of carbonyl (C=O) groups is 8. The summed E-state index contributed by atoms with van der Waals surface area (Å²) in [6.07, 6.45) is -4.54. The molecule has 0 aromatic carbocycles. The topological polar surface area (TPSA) is 289 Å². The molecule has 0 saturated carbocycles. The van der Waals surface area contributed by atoms with Gasteiger partial charge < -0.3 is 19.1 Å². The summed E-state index contributed by atoms with van der Waals surface area (Å²) in [5, 5.41) is -4.52. The van der Waals surface area contributed by atoms with Gasteiger partial charge in [-0.3, -0.25) is 37.9 Å². The van der Waals surface area contributed by atoms with Crippen LogP contribution in [0.3, 0.4) is 0 Å². The van der Waals surface area contributed by atoms with E-state index in [2.05, 4.69) is 19.1 Å². The first kappa shape index (κ1) is 40.0. The average molecular weight is 662 g/mol. The van der Waals surface area contributed by atoms with Crippen LogP contribution in [0, 0.1) is 0 Å². The van der Waals surface area contributed by atoms with Crippen molar-refractivity contribution in [3.05, 3.63) is 0 Å². The van der Waals surface area contributed by atoms with Gasteiger partial charge in [0.15, 0.2) is 10.5 Å². The third-order valence-electron chi connectivity index (χ3n) is 4.91. The molecule has 0 aromatic rings. The number of rotatable bonds is 13. The number of imide groups is 2. The summed E-state index contributed by atoms with van der Waals surface area (Å²) < 4.78 is 71.3. The molecule has 2 radical (unpaired) electrons. The van der Waals surface area contributed by atoms with Crippen LogP contribution in [0.2, 0.25) is 0 Å². The number of carbonyl (C=O) groups excluding carboxylic acids is 8. The third-order valence-corrected chi connectivity index (χ3v) is 7.08. The van der Waals surface area contributed by atoms with Crippen molar-refractivity contribution in [1.82, 2.24) is 10.1 Å². The van der Waals surface area contributed by atoms with Crippen molar-refractivity contribution in [2.75, 3.05) is 13.2 Å². The molecule has 42 heavy (non-hydrogen) atoms. The molecule has 4 amide bonds. The van der Waals surface area contributed by atoms with Crippen LogP contribution in [0.4, 0.5) is 0 Å². The fraction of sp³-hybridized carbons (Fsp3) is 0.556. The quantitative estimate of drug-likeness (QED) is 0.0621. The second kappa shape index (κ2) is 16.7. The monoisotopic (exact) mass is 662 g/mol. The first-order valence-corrected chi connectivity index (χ1v) is 13.8. The van der Waals surface area contributed by atoms with Crippen molar-refractivity contribution in [1.29, 1.82) is 0 Å². The minimum Gasteiger partial charge on any atom is -0.462 e. The molecule has 2 heterocycles. The van der Waals surface area contributed by atoms with E-state index in [4.69, 9.17) is 9.11 Å². The predicted octanol–water partition coefficient (Wildman–Crippen LogP) is -4.18. The molecule has 2 aliphatic heterocycles. The van der Waals surface area contributed by atoms with Gasteiger partial charge in [-0.05, 0) is 0 Å². The van der Waals surface area contributed by atoms with Gasteiger partial charge in [-0.1, -0.05) is 0 Å². The van der Waals surface area contributed by atoms with Crippen LogP contribution in [0.15, 0.2) is 0 Å². The molecule has 0 spiro atoms. The Morgan fingerprint density at radius 3 is 1.17 bits per heavy atom. The van der Waals surface area contributed by atoms with Crippen LogP contribution in [-0.4, -0.2) is 166 Å². The van der Waals surface area contributed by atoms with Gasteiger partial charge in [0, 0.05) is 59.1 Å². The maximum atomic E-state index is 11.8. The number of hydrogen-bond acceptors (Lipinski definition) is 16. The fourth-order valence-corrected chi connectivity index (χ4v) is 4.39.